The van der Waals surface area contributed by atoms with E-state index >= 15 is 0 Å². The van der Waals surface area contributed by atoms with Crippen LogP contribution in [0.4, 0.5) is 5.82 Å². The molecule has 1 N–H and O–H groups in total. The van der Waals surface area contributed by atoms with E-state index in [1.165, 1.54) is 18.8 Å². The molecular weight excluding hydrogens is 544 g/mol. The Balaban J connectivity index is 1.63. The molecule has 3 aromatic heterocycles. The summed E-state index contributed by atoms with van der Waals surface area (Å²) in [6.07, 6.45) is 3.24. The van der Waals surface area contributed by atoms with Crippen LogP contribution in [0.5, 0.6) is 17.4 Å². The molecule has 5 aromatic rings. The number of rotatable bonds is 7. The first-order chi connectivity index (χ1) is 17.5. The molecule has 0 saturated heterocycles. The molecule has 5 rings (SSSR count). The number of fused-ring (bicyclic) bond motifs is 1. The molecule has 182 valence electrons. The quantitative estimate of drug-likeness (QED) is 0.262. The molecule has 0 aliphatic heterocycles. The standard InChI is InChI=1S/C26H21BrN4O4S/c1-34-21-9-7-16(13-22(21)35-2)31-25(32)19-6-4-3-5-18(19)20(26(31)33)14-28-24-11-12-29-30(24)15-17-8-10-23(27)36-17/h3-14,33H,15H2,1-2H3/b28-14+. The lowest BCUT2D eigenvalue weighted by Crippen LogP contribution is -2.20. The number of halogens is 1. The van der Waals surface area contributed by atoms with Gasteiger partial charge in [-0.2, -0.15) is 5.10 Å². The van der Waals surface area contributed by atoms with Crippen molar-refractivity contribution >= 4 is 50.1 Å². The second-order valence-electron chi connectivity index (χ2n) is 7.77. The van der Waals surface area contributed by atoms with Crippen LogP contribution in [0, 0.1) is 0 Å². The predicted octanol–water partition coefficient (Wildman–Crippen LogP) is 5.53. The Morgan fingerprint density at radius 3 is 2.56 bits per heavy atom. The van der Waals surface area contributed by atoms with Crippen molar-refractivity contribution in [2.75, 3.05) is 14.2 Å². The Hall–Kier alpha value is -3.89. The van der Waals surface area contributed by atoms with Crippen LogP contribution in [0.3, 0.4) is 0 Å². The molecule has 3 heterocycles. The second kappa shape index (κ2) is 10.00. The van der Waals surface area contributed by atoms with Crippen LogP contribution in [0.25, 0.3) is 16.5 Å². The van der Waals surface area contributed by atoms with Gasteiger partial charge < -0.3 is 14.6 Å². The molecule has 0 atom stereocenters. The average molecular weight is 565 g/mol. The molecule has 0 spiro atoms. The SMILES string of the molecule is COc1ccc(-n2c(O)c(/C=N/c3ccnn3Cc3ccc(Br)s3)c3ccccc3c2=O)cc1OC. The first kappa shape index (κ1) is 23.8. The topological polar surface area (TPSA) is 90.9 Å². The normalized spacial score (nSPS) is 11.4. The molecule has 0 fully saturated rings. The van der Waals surface area contributed by atoms with Crippen LogP contribution >= 0.6 is 27.3 Å². The molecule has 0 aliphatic carbocycles. The first-order valence-electron chi connectivity index (χ1n) is 10.9. The summed E-state index contributed by atoms with van der Waals surface area (Å²) >= 11 is 5.11. The lowest BCUT2D eigenvalue weighted by atomic mass is 10.1. The number of methoxy groups -OCH3 is 2. The average Bonchev–Trinajstić information content (AvgIpc) is 3.52. The smallest absolute Gasteiger partial charge is 0.265 e. The minimum absolute atomic E-state index is 0.233. The van der Waals surface area contributed by atoms with Crippen LogP contribution in [0.2, 0.25) is 0 Å². The number of pyridine rings is 1. The highest BCUT2D eigenvalue weighted by molar-refractivity contribution is 9.11. The van der Waals surface area contributed by atoms with Crippen LogP contribution < -0.4 is 15.0 Å². The Morgan fingerprint density at radius 1 is 1.06 bits per heavy atom. The Morgan fingerprint density at radius 2 is 1.83 bits per heavy atom. The van der Waals surface area contributed by atoms with E-state index in [-0.39, 0.29) is 11.4 Å². The zero-order valence-electron chi connectivity index (χ0n) is 19.4. The molecule has 0 bridgehead atoms. The van der Waals surface area contributed by atoms with Crippen LogP contribution in [0.1, 0.15) is 10.4 Å². The van der Waals surface area contributed by atoms with Crippen LogP contribution in [0.15, 0.2) is 80.4 Å². The maximum Gasteiger partial charge on any atom is 0.265 e. The first-order valence-corrected chi connectivity index (χ1v) is 12.5. The van der Waals surface area contributed by atoms with Gasteiger partial charge in [0.2, 0.25) is 5.88 Å². The number of hydrogen-bond donors (Lipinski definition) is 1. The summed E-state index contributed by atoms with van der Waals surface area (Å²) in [5, 5.41) is 16.7. The van der Waals surface area contributed by atoms with Crippen molar-refractivity contribution in [1.29, 1.82) is 0 Å². The van der Waals surface area contributed by atoms with Crippen molar-refractivity contribution in [1.82, 2.24) is 14.3 Å². The van der Waals surface area contributed by atoms with Crippen molar-refractivity contribution in [3.05, 3.63) is 91.4 Å². The summed E-state index contributed by atoms with van der Waals surface area (Å²) in [6.45, 7) is 0.563. The lowest BCUT2D eigenvalue weighted by molar-refractivity contribution is 0.354. The summed E-state index contributed by atoms with van der Waals surface area (Å²) in [6, 6.07) is 18.0. The van der Waals surface area contributed by atoms with Crippen molar-refractivity contribution in [2.24, 2.45) is 4.99 Å². The second-order valence-corrected chi connectivity index (χ2v) is 10.3. The summed E-state index contributed by atoms with van der Waals surface area (Å²) in [4.78, 5) is 19.2. The van der Waals surface area contributed by atoms with E-state index < -0.39 is 0 Å². The van der Waals surface area contributed by atoms with E-state index in [2.05, 4.69) is 26.0 Å². The number of nitrogens with zero attached hydrogens (tertiary/aromatic N) is 4. The summed E-state index contributed by atoms with van der Waals surface area (Å²) in [7, 11) is 3.05. The number of hydrogen-bond acceptors (Lipinski definition) is 7. The maximum atomic E-state index is 13.4. The van der Waals surface area contributed by atoms with Crippen molar-refractivity contribution in [3.63, 3.8) is 0 Å². The number of aromatic hydroxyl groups is 1. The summed E-state index contributed by atoms with van der Waals surface area (Å²) in [5.74, 6) is 1.34. The van der Waals surface area contributed by atoms with Gasteiger partial charge >= 0.3 is 0 Å². The molecule has 10 heteroatoms. The Bertz CT molecular complexity index is 1650. The Kier molecular flexibility index (Phi) is 6.62. The van der Waals surface area contributed by atoms with Crippen molar-refractivity contribution < 1.29 is 14.6 Å². The molecule has 0 unspecified atom stereocenters. The van der Waals surface area contributed by atoms with Gasteiger partial charge in [-0.1, -0.05) is 18.2 Å². The molecule has 0 aliphatic rings. The lowest BCUT2D eigenvalue weighted by Gasteiger charge is -2.15. The predicted molar refractivity (Wildman–Crippen MR) is 145 cm³/mol. The highest BCUT2D eigenvalue weighted by atomic mass is 79.9. The number of thiophene rings is 1. The minimum Gasteiger partial charge on any atom is -0.494 e. The maximum absolute atomic E-state index is 13.4. The van der Waals surface area contributed by atoms with Gasteiger partial charge in [-0.15, -0.1) is 11.3 Å². The van der Waals surface area contributed by atoms with E-state index in [1.807, 2.05) is 18.2 Å². The third-order valence-electron chi connectivity index (χ3n) is 5.68. The highest BCUT2D eigenvalue weighted by Crippen LogP contribution is 2.32. The van der Waals surface area contributed by atoms with Gasteiger partial charge in [0.1, 0.15) is 0 Å². The molecule has 0 radical (unpaired) electrons. The van der Waals surface area contributed by atoms with Crippen LogP contribution in [-0.4, -0.2) is 39.9 Å². The van der Waals surface area contributed by atoms with Gasteiger partial charge in [0, 0.05) is 34.0 Å². The van der Waals surface area contributed by atoms with E-state index in [0.717, 1.165) is 8.66 Å². The fraction of sp³-hybridized carbons (Fsp3) is 0.115. The number of aromatic nitrogens is 3. The van der Waals surface area contributed by atoms with Crippen molar-refractivity contribution in [3.8, 4) is 23.1 Å². The molecule has 0 amide bonds. The Labute approximate surface area is 218 Å². The van der Waals surface area contributed by atoms with E-state index in [4.69, 9.17) is 9.47 Å². The highest BCUT2D eigenvalue weighted by Gasteiger charge is 2.18. The van der Waals surface area contributed by atoms with Crippen molar-refractivity contribution in [2.45, 2.75) is 6.54 Å². The largest absolute Gasteiger partial charge is 0.494 e. The van der Waals surface area contributed by atoms with Crippen LogP contribution in [-0.2, 0) is 6.54 Å². The van der Waals surface area contributed by atoms with Gasteiger partial charge in [0.25, 0.3) is 5.56 Å². The van der Waals surface area contributed by atoms with Gasteiger partial charge in [0.15, 0.2) is 17.3 Å². The summed E-state index contributed by atoms with van der Waals surface area (Å²) in [5.41, 5.74) is 0.483. The minimum atomic E-state index is -0.360. The molecule has 2 aromatic carbocycles. The molecule has 8 nitrogen and oxygen atoms in total. The molecular formula is C26H21BrN4O4S. The number of benzene rings is 2. The fourth-order valence-corrected chi connectivity index (χ4v) is 5.43. The third kappa shape index (κ3) is 4.40. The monoisotopic (exact) mass is 564 g/mol. The van der Waals surface area contributed by atoms with Gasteiger partial charge in [0.05, 0.1) is 42.0 Å². The summed E-state index contributed by atoms with van der Waals surface area (Å²) < 4.78 is 14.8. The van der Waals surface area contributed by atoms with Gasteiger partial charge in [-0.3, -0.25) is 4.79 Å². The van der Waals surface area contributed by atoms with E-state index in [9.17, 15) is 9.90 Å². The zero-order valence-corrected chi connectivity index (χ0v) is 21.8. The third-order valence-corrected chi connectivity index (χ3v) is 7.29. The van der Waals surface area contributed by atoms with Gasteiger partial charge in [-0.25, -0.2) is 14.2 Å². The zero-order chi connectivity index (χ0) is 25.2. The number of aliphatic imine (C=N–C) groups is 1. The molecule has 36 heavy (non-hydrogen) atoms. The van der Waals surface area contributed by atoms with E-state index in [0.29, 0.717) is 45.9 Å². The molecule has 0 saturated carbocycles. The number of ether oxygens (including phenoxy) is 2. The fourth-order valence-electron chi connectivity index (χ4n) is 3.97. The van der Waals surface area contributed by atoms with E-state index in [1.54, 1.807) is 70.9 Å². The van der Waals surface area contributed by atoms with Gasteiger partial charge in [-0.05, 0) is 46.3 Å².